The van der Waals surface area contributed by atoms with E-state index in [0.717, 1.165) is 32.6 Å². The number of rotatable bonds is 4. The van der Waals surface area contributed by atoms with Crippen LogP contribution >= 0.6 is 0 Å². The Morgan fingerprint density at radius 1 is 1.44 bits per heavy atom. The zero-order valence-electron chi connectivity index (χ0n) is 10.5. The summed E-state index contributed by atoms with van der Waals surface area (Å²) >= 11 is 0. The van der Waals surface area contributed by atoms with E-state index >= 15 is 0 Å². The minimum Gasteiger partial charge on any atom is -0.393 e. The second kappa shape index (κ2) is 5.03. The molecule has 1 aliphatic carbocycles. The van der Waals surface area contributed by atoms with Gasteiger partial charge in [0.15, 0.2) is 0 Å². The van der Waals surface area contributed by atoms with Crippen molar-refractivity contribution in [2.75, 3.05) is 26.2 Å². The van der Waals surface area contributed by atoms with Gasteiger partial charge in [-0.15, -0.1) is 0 Å². The molecule has 0 bridgehead atoms. The minimum absolute atomic E-state index is 0.151. The highest BCUT2D eigenvalue weighted by Crippen LogP contribution is 2.38. The first kappa shape index (κ1) is 12.3. The average Bonchev–Trinajstić information content (AvgIpc) is 2.88. The van der Waals surface area contributed by atoms with Gasteiger partial charge in [0.1, 0.15) is 0 Å². The van der Waals surface area contributed by atoms with E-state index in [-0.39, 0.29) is 6.10 Å². The molecule has 2 rings (SSSR count). The summed E-state index contributed by atoms with van der Waals surface area (Å²) in [5.74, 6) is 0.483. The van der Waals surface area contributed by atoms with E-state index in [4.69, 9.17) is 5.73 Å². The van der Waals surface area contributed by atoms with Gasteiger partial charge in [-0.2, -0.15) is 0 Å². The molecular weight excluding hydrogens is 200 g/mol. The molecule has 1 heterocycles. The number of nitrogens with two attached hydrogens (primary N) is 1. The van der Waals surface area contributed by atoms with Gasteiger partial charge in [0, 0.05) is 13.1 Å². The van der Waals surface area contributed by atoms with Gasteiger partial charge in [-0.25, -0.2) is 0 Å². The third-order valence-electron chi connectivity index (χ3n) is 4.65. The Morgan fingerprint density at radius 3 is 2.62 bits per heavy atom. The van der Waals surface area contributed by atoms with Crippen molar-refractivity contribution in [3.63, 3.8) is 0 Å². The van der Waals surface area contributed by atoms with Gasteiger partial charge in [0.2, 0.25) is 0 Å². The Hall–Kier alpha value is -0.120. The van der Waals surface area contributed by atoms with E-state index in [1.165, 1.54) is 25.7 Å². The average molecular weight is 226 g/mol. The molecule has 0 aromatic rings. The summed E-state index contributed by atoms with van der Waals surface area (Å²) in [6, 6.07) is 0. The smallest absolute Gasteiger partial charge is 0.0552 e. The Kier molecular flexibility index (Phi) is 3.88. The molecule has 1 saturated carbocycles. The first-order valence-corrected chi connectivity index (χ1v) is 6.76. The quantitative estimate of drug-likeness (QED) is 0.757. The Bertz CT molecular complexity index is 224. The van der Waals surface area contributed by atoms with Gasteiger partial charge < -0.3 is 15.7 Å². The molecule has 2 aliphatic rings. The Labute approximate surface area is 99.0 Å². The van der Waals surface area contributed by atoms with Crippen LogP contribution in [-0.2, 0) is 0 Å². The summed E-state index contributed by atoms with van der Waals surface area (Å²) in [7, 11) is 0. The van der Waals surface area contributed by atoms with Gasteiger partial charge in [-0.1, -0.05) is 12.8 Å². The van der Waals surface area contributed by atoms with Crippen LogP contribution in [0.3, 0.4) is 0 Å². The first-order valence-electron chi connectivity index (χ1n) is 6.76. The van der Waals surface area contributed by atoms with E-state index in [1.807, 2.05) is 6.92 Å². The Balaban J connectivity index is 1.86. The van der Waals surface area contributed by atoms with Crippen molar-refractivity contribution < 1.29 is 5.11 Å². The van der Waals surface area contributed by atoms with Crippen LogP contribution in [0.4, 0.5) is 0 Å². The highest BCUT2D eigenvalue weighted by molar-refractivity contribution is 4.91. The van der Waals surface area contributed by atoms with Crippen LogP contribution in [0.2, 0.25) is 0 Å². The van der Waals surface area contributed by atoms with Crippen molar-refractivity contribution in [1.29, 1.82) is 0 Å². The molecule has 0 aromatic carbocycles. The van der Waals surface area contributed by atoms with Gasteiger partial charge in [-0.05, 0) is 50.6 Å². The molecule has 0 aromatic heterocycles. The summed E-state index contributed by atoms with van der Waals surface area (Å²) in [5.41, 5.74) is 6.36. The van der Waals surface area contributed by atoms with Gasteiger partial charge in [-0.3, -0.25) is 0 Å². The molecule has 2 fully saturated rings. The summed E-state index contributed by atoms with van der Waals surface area (Å²) in [4.78, 5) is 2.52. The van der Waals surface area contributed by atoms with E-state index < -0.39 is 0 Å². The van der Waals surface area contributed by atoms with Crippen molar-refractivity contribution in [2.45, 2.75) is 45.1 Å². The highest BCUT2D eigenvalue weighted by atomic mass is 16.3. The molecule has 1 aliphatic heterocycles. The van der Waals surface area contributed by atoms with Gasteiger partial charge in [0.25, 0.3) is 0 Å². The fraction of sp³-hybridized carbons (Fsp3) is 1.00. The molecule has 16 heavy (non-hydrogen) atoms. The normalized spacial score (nSPS) is 32.1. The van der Waals surface area contributed by atoms with E-state index in [1.54, 1.807) is 0 Å². The molecular formula is C13H26N2O. The lowest BCUT2D eigenvalue weighted by molar-refractivity contribution is 0.118. The SMILES string of the molecule is CC(O)C1CCN(CC2(CN)CCCC2)C1. The summed E-state index contributed by atoms with van der Waals surface area (Å²) in [6.45, 7) is 6.13. The molecule has 1 saturated heterocycles. The summed E-state index contributed by atoms with van der Waals surface area (Å²) < 4.78 is 0. The number of hydrogen-bond acceptors (Lipinski definition) is 3. The lowest BCUT2D eigenvalue weighted by Crippen LogP contribution is -2.40. The zero-order valence-corrected chi connectivity index (χ0v) is 10.5. The third-order valence-corrected chi connectivity index (χ3v) is 4.65. The molecule has 0 amide bonds. The third kappa shape index (κ3) is 2.58. The molecule has 94 valence electrons. The summed E-state index contributed by atoms with van der Waals surface area (Å²) in [5, 5.41) is 9.60. The van der Waals surface area contributed by atoms with Crippen molar-refractivity contribution in [3.8, 4) is 0 Å². The number of nitrogens with zero attached hydrogens (tertiary/aromatic N) is 1. The van der Waals surface area contributed by atoms with Crippen LogP contribution in [-0.4, -0.2) is 42.3 Å². The van der Waals surface area contributed by atoms with Crippen LogP contribution in [0, 0.1) is 11.3 Å². The van der Waals surface area contributed by atoms with Crippen molar-refractivity contribution >= 4 is 0 Å². The van der Waals surface area contributed by atoms with Gasteiger partial charge in [0.05, 0.1) is 6.10 Å². The largest absolute Gasteiger partial charge is 0.393 e. The van der Waals surface area contributed by atoms with Gasteiger partial charge >= 0.3 is 0 Å². The van der Waals surface area contributed by atoms with Crippen LogP contribution in [0.5, 0.6) is 0 Å². The molecule has 2 unspecified atom stereocenters. The number of likely N-dealkylation sites (tertiary alicyclic amines) is 1. The maximum absolute atomic E-state index is 9.60. The maximum Gasteiger partial charge on any atom is 0.0552 e. The molecule has 3 heteroatoms. The second-order valence-electron chi connectivity index (χ2n) is 5.94. The number of aliphatic hydroxyl groups excluding tert-OH is 1. The Morgan fingerprint density at radius 2 is 2.12 bits per heavy atom. The molecule has 2 atom stereocenters. The molecule has 0 radical (unpaired) electrons. The van der Waals surface area contributed by atoms with Crippen LogP contribution in [0.25, 0.3) is 0 Å². The molecule has 0 spiro atoms. The lowest BCUT2D eigenvalue weighted by Gasteiger charge is -2.32. The predicted octanol–water partition coefficient (Wildman–Crippen LogP) is 1.21. The number of hydrogen-bond donors (Lipinski definition) is 2. The number of aliphatic hydroxyl groups is 1. The van der Waals surface area contributed by atoms with Crippen LogP contribution in [0.15, 0.2) is 0 Å². The van der Waals surface area contributed by atoms with Crippen LogP contribution < -0.4 is 5.73 Å². The molecule has 3 nitrogen and oxygen atoms in total. The van der Waals surface area contributed by atoms with Crippen molar-refractivity contribution in [3.05, 3.63) is 0 Å². The monoisotopic (exact) mass is 226 g/mol. The summed E-state index contributed by atoms with van der Waals surface area (Å²) in [6.07, 6.45) is 6.31. The maximum atomic E-state index is 9.60. The highest BCUT2D eigenvalue weighted by Gasteiger charge is 2.36. The fourth-order valence-electron chi connectivity index (χ4n) is 3.43. The minimum atomic E-state index is -0.151. The molecule has 3 N–H and O–H groups in total. The van der Waals surface area contributed by atoms with E-state index in [0.29, 0.717) is 11.3 Å². The van der Waals surface area contributed by atoms with E-state index in [9.17, 15) is 5.11 Å². The second-order valence-corrected chi connectivity index (χ2v) is 5.94. The zero-order chi connectivity index (χ0) is 11.6. The first-order chi connectivity index (χ1) is 7.65. The topological polar surface area (TPSA) is 49.5 Å². The van der Waals surface area contributed by atoms with Crippen LogP contribution in [0.1, 0.15) is 39.0 Å². The lowest BCUT2D eigenvalue weighted by atomic mass is 9.86. The van der Waals surface area contributed by atoms with Crippen molar-refractivity contribution in [1.82, 2.24) is 4.90 Å². The predicted molar refractivity (Wildman–Crippen MR) is 66.2 cm³/mol. The standard InChI is InChI=1S/C13H26N2O/c1-11(16)12-4-7-15(8-12)10-13(9-14)5-2-3-6-13/h11-12,16H,2-10,14H2,1H3. The fourth-order valence-corrected chi connectivity index (χ4v) is 3.43. The van der Waals surface area contributed by atoms with Crippen molar-refractivity contribution in [2.24, 2.45) is 17.1 Å². The van der Waals surface area contributed by atoms with E-state index in [2.05, 4.69) is 4.90 Å².